The molecule has 8 nitrogen and oxygen atoms in total. The van der Waals surface area contributed by atoms with Crippen LogP contribution >= 0.6 is 0 Å². The molecular formula is C12H17N5O3S. The molecule has 21 heavy (non-hydrogen) atoms. The minimum absolute atomic E-state index is 0.0623. The van der Waals surface area contributed by atoms with Crippen LogP contribution in [-0.2, 0) is 23.6 Å². The molecule has 0 unspecified atom stereocenters. The van der Waals surface area contributed by atoms with Gasteiger partial charge in [-0.3, -0.25) is 4.79 Å². The first-order valence-corrected chi connectivity index (χ1v) is 7.76. The van der Waals surface area contributed by atoms with Gasteiger partial charge in [-0.1, -0.05) is 0 Å². The molecule has 2 N–H and O–H groups in total. The van der Waals surface area contributed by atoms with Crippen molar-refractivity contribution in [2.24, 2.45) is 7.05 Å². The fourth-order valence-corrected chi connectivity index (χ4v) is 2.63. The molecule has 2 aromatic rings. The minimum atomic E-state index is -3.55. The molecular weight excluding hydrogens is 294 g/mol. The molecule has 9 heteroatoms. The predicted molar refractivity (Wildman–Crippen MR) is 76.2 cm³/mol. The van der Waals surface area contributed by atoms with E-state index in [1.54, 1.807) is 25.8 Å². The molecule has 1 amide bonds. The Kier molecular flexibility index (Phi) is 4.43. The topological polar surface area (TPSA) is 98.0 Å². The van der Waals surface area contributed by atoms with E-state index < -0.39 is 10.0 Å². The second-order valence-electron chi connectivity index (χ2n) is 4.44. The average molecular weight is 311 g/mol. The minimum Gasteiger partial charge on any atom is -0.349 e. The van der Waals surface area contributed by atoms with Crippen molar-refractivity contribution in [1.29, 1.82) is 0 Å². The molecule has 2 heterocycles. The Labute approximate surface area is 122 Å². The number of carbonyl (C=O) groups excluding carboxylic acids is 1. The highest BCUT2D eigenvalue weighted by molar-refractivity contribution is 7.89. The van der Waals surface area contributed by atoms with Gasteiger partial charge in [0.15, 0.2) is 0 Å². The molecule has 2 aromatic heterocycles. The molecule has 0 radical (unpaired) electrons. The Hall–Kier alpha value is -2.13. The molecule has 0 fully saturated rings. The van der Waals surface area contributed by atoms with Crippen molar-refractivity contribution in [1.82, 2.24) is 24.2 Å². The second-order valence-corrected chi connectivity index (χ2v) is 6.32. The fourth-order valence-electron chi connectivity index (χ4n) is 1.83. The molecule has 0 aromatic carbocycles. The lowest BCUT2D eigenvalue weighted by atomic mass is 10.4. The van der Waals surface area contributed by atoms with Crippen LogP contribution in [0.1, 0.15) is 10.5 Å². The van der Waals surface area contributed by atoms with Crippen molar-refractivity contribution in [3.05, 3.63) is 36.7 Å². The number of aromatic nitrogens is 3. The fraction of sp³-hybridized carbons (Fsp3) is 0.333. The van der Waals surface area contributed by atoms with Gasteiger partial charge in [0.1, 0.15) is 10.6 Å². The Bertz CT molecular complexity index is 718. The van der Waals surface area contributed by atoms with Gasteiger partial charge in [-0.05, 0) is 13.1 Å². The van der Waals surface area contributed by atoms with Crippen LogP contribution < -0.4 is 10.0 Å². The highest BCUT2D eigenvalue weighted by atomic mass is 32.2. The lowest BCUT2D eigenvalue weighted by molar-refractivity contribution is 0.0944. The number of hydrogen-bond acceptors (Lipinski definition) is 4. The summed E-state index contributed by atoms with van der Waals surface area (Å²) in [5.74, 6) is -0.324. The summed E-state index contributed by atoms with van der Waals surface area (Å²) in [6, 6.07) is 1.35. The zero-order chi connectivity index (χ0) is 15.5. The van der Waals surface area contributed by atoms with E-state index in [9.17, 15) is 13.2 Å². The Morgan fingerprint density at radius 2 is 2.19 bits per heavy atom. The highest BCUT2D eigenvalue weighted by Gasteiger charge is 2.18. The zero-order valence-electron chi connectivity index (χ0n) is 11.8. The van der Waals surface area contributed by atoms with Crippen LogP contribution in [0, 0.1) is 0 Å². The maximum atomic E-state index is 12.1. The van der Waals surface area contributed by atoms with E-state index in [0.717, 1.165) is 0 Å². The number of hydrogen-bond donors (Lipinski definition) is 2. The summed E-state index contributed by atoms with van der Waals surface area (Å²) in [5.41, 5.74) is 0.287. The first-order valence-electron chi connectivity index (χ1n) is 6.28. The van der Waals surface area contributed by atoms with Crippen LogP contribution in [0.3, 0.4) is 0 Å². The van der Waals surface area contributed by atoms with Gasteiger partial charge < -0.3 is 14.5 Å². The smallest absolute Gasteiger partial charge is 0.268 e. The van der Waals surface area contributed by atoms with E-state index in [0.29, 0.717) is 13.1 Å². The van der Waals surface area contributed by atoms with Crippen LogP contribution in [0.4, 0.5) is 0 Å². The van der Waals surface area contributed by atoms with Crippen molar-refractivity contribution >= 4 is 15.9 Å². The van der Waals surface area contributed by atoms with Gasteiger partial charge in [-0.25, -0.2) is 18.1 Å². The first kappa shape index (κ1) is 15.3. The number of sulfonamides is 1. The summed E-state index contributed by atoms with van der Waals surface area (Å²) in [6.45, 7) is 1.02. The first-order chi connectivity index (χ1) is 9.94. The van der Waals surface area contributed by atoms with Gasteiger partial charge >= 0.3 is 0 Å². The zero-order valence-corrected chi connectivity index (χ0v) is 12.6. The van der Waals surface area contributed by atoms with Gasteiger partial charge in [0, 0.05) is 38.7 Å². The number of nitrogens with one attached hydrogen (secondary N) is 2. The van der Waals surface area contributed by atoms with Gasteiger partial charge in [-0.2, -0.15) is 0 Å². The molecule has 0 aliphatic rings. The normalized spacial score (nSPS) is 11.5. The highest BCUT2D eigenvalue weighted by Crippen LogP contribution is 2.12. The number of carbonyl (C=O) groups is 1. The average Bonchev–Trinajstić information content (AvgIpc) is 3.08. The summed E-state index contributed by atoms with van der Waals surface area (Å²) >= 11 is 0. The molecule has 0 atom stereocenters. The van der Waals surface area contributed by atoms with Gasteiger partial charge in [0.2, 0.25) is 10.0 Å². The monoisotopic (exact) mass is 311 g/mol. The van der Waals surface area contributed by atoms with Crippen molar-refractivity contribution in [3.63, 3.8) is 0 Å². The van der Waals surface area contributed by atoms with Crippen molar-refractivity contribution in [2.75, 3.05) is 13.6 Å². The molecule has 114 valence electrons. The van der Waals surface area contributed by atoms with Gasteiger partial charge in [-0.15, -0.1) is 0 Å². The lowest BCUT2D eigenvalue weighted by Gasteiger charge is -2.06. The van der Waals surface area contributed by atoms with E-state index in [1.807, 2.05) is 4.57 Å². The SMILES string of the molecule is CNS(=O)(=O)c1cc(C(=O)NCCn2ccnc2)n(C)c1. The third-order valence-electron chi connectivity index (χ3n) is 3.01. The quantitative estimate of drug-likeness (QED) is 0.755. The maximum Gasteiger partial charge on any atom is 0.268 e. The van der Waals surface area contributed by atoms with Crippen LogP contribution in [0.15, 0.2) is 35.9 Å². The molecule has 0 bridgehead atoms. The molecule has 0 aliphatic carbocycles. The van der Waals surface area contributed by atoms with E-state index in [4.69, 9.17) is 0 Å². The van der Waals surface area contributed by atoms with Gasteiger partial charge in [0.25, 0.3) is 5.91 Å². The Morgan fingerprint density at radius 1 is 1.43 bits per heavy atom. The van der Waals surface area contributed by atoms with Crippen molar-refractivity contribution < 1.29 is 13.2 Å². The predicted octanol–water partition coefficient (Wildman–Crippen LogP) is -0.440. The second kappa shape index (κ2) is 6.10. The van der Waals surface area contributed by atoms with Gasteiger partial charge in [0.05, 0.1) is 6.33 Å². The Balaban J connectivity index is 2.02. The third-order valence-corrected chi connectivity index (χ3v) is 4.39. The van der Waals surface area contributed by atoms with Crippen LogP contribution in [-0.4, -0.2) is 42.0 Å². The number of rotatable bonds is 6. The van der Waals surface area contributed by atoms with Crippen LogP contribution in [0.25, 0.3) is 0 Å². The van der Waals surface area contributed by atoms with Crippen molar-refractivity contribution in [3.8, 4) is 0 Å². The summed E-state index contributed by atoms with van der Waals surface area (Å²) in [5, 5.41) is 2.74. The summed E-state index contributed by atoms with van der Waals surface area (Å²) in [7, 11) is -0.602. The number of nitrogens with zero attached hydrogens (tertiary/aromatic N) is 3. The van der Waals surface area contributed by atoms with E-state index in [1.165, 1.54) is 23.9 Å². The number of amides is 1. The van der Waals surface area contributed by atoms with Crippen molar-refractivity contribution in [2.45, 2.75) is 11.4 Å². The van der Waals surface area contributed by atoms with E-state index in [2.05, 4.69) is 15.0 Å². The molecule has 0 aliphatic heterocycles. The van der Waals surface area contributed by atoms with Crippen LogP contribution in [0.5, 0.6) is 0 Å². The lowest BCUT2D eigenvalue weighted by Crippen LogP contribution is -2.28. The third kappa shape index (κ3) is 3.50. The number of imidazole rings is 1. The molecule has 2 rings (SSSR count). The largest absolute Gasteiger partial charge is 0.349 e. The summed E-state index contributed by atoms with van der Waals surface area (Å²) in [4.78, 5) is 16.0. The standard InChI is InChI=1S/C12H17N5O3S/c1-13-21(19,20)10-7-11(16(2)8-10)12(18)15-4-6-17-5-3-14-9-17/h3,5,7-9,13H,4,6H2,1-2H3,(H,15,18). The van der Waals surface area contributed by atoms with E-state index >= 15 is 0 Å². The van der Waals surface area contributed by atoms with E-state index in [-0.39, 0.29) is 16.5 Å². The van der Waals surface area contributed by atoms with Crippen LogP contribution in [0.2, 0.25) is 0 Å². The Morgan fingerprint density at radius 3 is 2.81 bits per heavy atom. The number of aryl methyl sites for hydroxylation is 1. The maximum absolute atomic E-state index is 12.1. The molecule has 0 spiro atoms. The summed E-state index contributed by atoms with van der Waals surface area (Å²) in [6.07, 6.45) is 6.52. The molecule has 0 saturated carbocycles. The molecule has 0 saturated heterocycles. The summed E-state index contributed by atoms with van der Waals surface area (Å²) < 4.78 is 28.9.